The van der Waals surface area contributed by atoms with Gasteiger partial charge in [0.15, 0.2) is 0 Å². The van der Waals surface area contributed by atoms with Gasteiger partial charge in [0.2, 0.25) is 0 Å². The number of anilines is 2. The molecule has 0 radical (unpaired) electrons. The van der Waals surface area contributed by atoms with Gasteiger partial charge >= 0.3 is 6.18 Å². The molecule has 0 saturated heterocycles. The van der Waals surface area contributed by atoms with Crippen molar-refractivity contribution in [2.45, 2.75) is 18.0 Å². The lowest BCUT2D eigenvalue weighted by atomic mass is 10.2. The number of nitrogens with one attached hydrogen (secondary N) is 2. The van der Waals surface area contributed by atoms with Crippen molar-refractivity contribution in [1.82, 2.24) is 4.98 Å². The average molecular weight is 453 g/mol. The van der Waals surface area contributed by atoms with Crippen LogP contribution in [0, 0.1) is 12.7 Å². The van der Waals surface area contributed by atoms with Crippen LogP contribution >= 0.6 is 0 Å². The number of para-hydroxylation sites is 1. The topological polar surface area (TPSA) is 88.2 Å². The third-order valence-electron chi connectivity index (χ3n) is 4.17. The van der Waals surface area contributed by atoms with E-state index in [1.54, 1.807) is 0 Å². The summed E-state index contributed by atoms with van der Waals surface area (Å²) in [4.78, 5) is 15.3. The molecule has 0 spiro atoms. The van der Waals surface area contributed by atoms with Gasteiger partial charge in [0.25, 0.3) is 15.9 Å². The monoisotopic (exact) mass is 453 g/mol. The Labute approximate surface area is 175 Å². The number of carbonyl (C=O) groups excluding carboxylic acids is 1. The first-order valence-electron chi connectivity index (χ1n) is 8.70. The van der Waals surface area contributed by atoms with E-state index in [0.29, 0.717) is 11.6 Å². The van der Waals surface area contributed by atoms with Crippen LogP contribution in [0.2, 0.25) is 0 Å². The normalized spacial score (nSPS) is 11.8. The molecule has 6 nitrogen and oxygen atoms in total. The number of amides is 1. The molecule has 1 heterocycles. The molecule has 0 aliphatic heterocycles. The molecule has 0 saturated carbocycles. The third kappa shape index (κ3) is 5.18. The molecule has 162 valence electrons. The van der Waals surface area contributed by atoms with Gasteiger partial charge in [0.1, 0.15) is 11.5 Å². The van der Waals surface area contributed by atoms with Crippen molar-refractivity contribution in [3.63, 3.8) is 0 Å². The lowest BCUT2D eigenvalue weighted by molar-refractivity contribution is -0.141. The maximum atomic E-state index is 13.8. The lowest BCUT2D eigenvalue weighted by Gasteiger charge is -2.13. The summed E-state index contributed by atoms with van der Waals surface area (Å²) in [5.41, 5.74) is -1.14. The summed E-state index contributed by atoms with van der Waals surface area (Å²) >= 11 is 0. The highest BCUT2D eigenvalue weighted by Crippen LogP contribution is 2.28. The standard InChI is InChI=1S/C20H15F4N3O3S/c1-12-6-8-14(26-19(28)13-7-9-18(25-11-13)20(22,23)24)10-17(12)31(29,30)27-16-5-3-2-4-15(16)21/h2-11,27H,1H3,(H,26,28). The molecule has 0 aliphatic carbocycles. The number of hydrogen-bond donors (Lipinski definition) is 2. The van der Waals surface area contributed by atoms with E-state index in [4.69, 9.17) is 0 Å². The molecule has 0 fully saturated rings. The van der Waals surface area contributed by atoms with Gasteiger partial charge in [0, 0.05) is 11.9 Å². The zero-order valence-corrected chi connectivity index (χ0v) is 16.7. The van der Waals surface area contributed by atoms with Gasteiger partial charge in [-0.1, -0.05) is 18.2 Å². The predicted molar refractivity (Wildman–Crippen MR) is 106 cm³/mol. The van der Waals surface area contributed by atoms with Gasteiger partial charge in [0.05, 0.1) is 16.1 Å². The first-order valence-corrected chi connectivity index (χ1v) is 10.2. The second-order valence-corrected chi connectivity index (χ2v) is 8.10. The van der Waals surface area contributed by atoms with E-state index in [2.05, 4.69) is 15.0 Å². The van der Waals surface area contributed by atoms with Crippen LogP contribution < -0.4 is 10.0 Å². The number of benzene rings is 2. The zero-order valence-electron chi connectivity index (χ0n) is 15.9. The van der Waals surface area contributed by atoms with Crippen molar-refractivity contribution in [3.8, 4) is 0 Å². The van der Waals surface area contributed by atoms with Crippen LogP contribution in [0.25, 0.3) is 0 Å². The summed E-state index contributed by atoms with van der Waals surface area (Å²) in [6, 6.07) is 10.9. The van der Waals surface area contributed by atoms with Crippen molar-refractivity contribution in [2.24, 2.45) is 0 Å². The Kier molecular flexibility index (Phi) is 5.98. The third-order valence-corrected chi connectivity index (χ3v) is 5.68. The molecule has 0 atom stereocenters. The summed E-state index contributed by atoms with van der Waals surface area (Å²) in [6.07, 6.45) is -3.87. The molecule has 31 heavy (non-hydrogen) atoms. The number of alkyl halides is 3. The Hall–Kier alpha value is -3.47. The van der Waals surface area contributed by atoms with Crippen molar-refractivity contribution >= 4 is 27.3 Å². The molecule has 0 bridgehead atoms. The van der Waals surface area contributed by atoms with Gasteiger partial charge in [-0.3, -0.25) is 14.5 Å². The highest BCUT2D eigenvalue weighted by Gasteiger charge is 2.32. The molecular formula is C20H15F4N3O3S. The fourth-order valence-corrected chi connectivity index (χ4v) is 3.95. The second-order valence-electron chi connectivity index (χ2n) is 6.45. The van der Waals surface area contributed by atoms with Crippen molar-refractivity contribution in [3.05, 3.63) is 83.4 Å². The minimum Gasteiger partial charge on any atom is -0.322 e. The van der Waals surface area contributed by atoms with Crippen LogP contribution in [-0.2, 0) is 16.2 Å². The van der Waals surface area contributed by atoms with E-state index in [1.807, 2.05) is 0 Å². The van der Waals surface area contributed by atoms with E-state index >= 15 is 0 Å². The van der Waals surface area contributed by atoms with Crippen molar-refractivity contribution in [2.75, 3.05) is 10.0 Å². The molecular weight excluding hydrogens is 438 g/mol. The van der Waals surface area contributed by atoms with Gasteiger partial charge in [-0.05, 0) is 48.9 Å². The Morgan fingerprint density at radius 1 is 1.03 bits per heavy atom. The summed E-state index contributed by atoms with van der Waals surface area (Å²) in [5, 5.41) is 2.40. The molecule has 0 unspecified atom stereocenters. The number of rotatable bonds is 5. The number of pyridine rings is 1. The molecule has 2 N–H and O–H groups in total. The number of carbonyl (C=O) groups is 1. The highest BCUT2D eigenvalue weighted by molar-refractivity contribution is 7.92. The van der Waals surface area contributed by atoms with Crippen LogP contribution in [0.15, 0.2) is 65.7 Å². The quantitative estimate of drug-likeness (QED) is 0.553. The van der Waals surface area contributed by atoms with Crippen LogP contribution in [0.4, 0.5) is 28.9 Å². The SMILES string of the molecule is Cc1ccc(NC(=O)c2ccc(C(F)(F)F)nc2)cc1S(=O)(=O)Nc1ccccc1F. The molecule has 11 heteroatoms. The average Bonchev–Trinajstić information content (AvgIpc) is 2.70. The summed E-state index contributed by atoms with van der Waals surface area (Å²) in [6.45, 7) is 1.52. The highest BCUT2D eigenvalue weighted by atomic mass is 32.2. The largest absolute Gasteiger partial charge is 0.433 e. The number of aromatic nitrogens is 1. The number of hydrogen-bond acceptors (Lipinski definition) is 4. The Morgan fingerprint density at radius 2 is 1.74 bits per heavy atom. The fraction of sp³-hybridized carbons (Fsp3) is 0.100. The van der Waals surface area contributed by atoms with Crippen LogP contribution in [0.3, 0.4) is 0 Å². The summed E-state index contributed by atoms with van der Waals surface area (Å²) < 4.78 is 79.2. The maximum Gasteiger partial charge on any atom is 0.433 e. The number of nitrogens with zero attached hydrogens (tertiary/aromatic N) is 1. The van der Waals surface area contributed by atoms with Crippen molar-refractivity contribution in [1.29, 1.82) is 0 Å². The van der Waals surface area contributed by atoms with Gasteiger partial charge in [-0.25, -0.2) is 12.8 Å². The van der Waals surface area contributed by atoms with Crippen LogP contribution in [0.5, 0.6) is 0 Å². The van der Waals surface area contributed by atoms with Gasteiger partial charge < -0.3 is 5.32 Å². The Morgan fingerprint density at radius 3 is 2.35 bits per heavy atom. The van der Waals surface area contributed by atoms with Crippen LogP contribution in [0.1, 0.15) is 21.6 Å². The molecule has 3 aromatic rings. The summed E-state index contributed by atoms with van der Waals surface area (Å²) in [7, 11) is -4.19. The van der Waals surface area contributed by atoms with Crippen molar-refractivity contribution < 1.29 is 30.8 Å². The van der Waals surface area contributed by atoms with E-state index in [1.165, 1.54) is 37.3 Å². The predicted octanol–water partition coefficient (Wildman–Crippen LogP) is 4.60. The minimum atomic E-state index is -4.64. The number of halogens is 4. The molecule has 2 aromatic carbocycles. The molecule has 1 aromatic heterocycles. The minimum absolute atomic E-state index is 0.0735. The molecule has 3 rings (SSSR count). The molecule has 0 aliphatic rings. The van der Waals surface area contributed by atoms with E-state index in [0.717, 1.165) is 24.4 Å². The van der Waals surface area contributed by atoms with Crippen LogP contribution in [-0.4, -0.2) is 19.3 Å². The maximum absolute atomic E-state index is 13.8. The van der Waals surface area contributed by atoms with Gasteiger partial charge in [-0.15, -0.1) is 0 Å². The van der Waals surface area contributed by atoms with E-state index in [-0.39, 0.29) is 21.8 Å². The van der Waals surface area contributed by atoms with E-state index < -0.39 is 33.6 Å². The second kappa shape index (κ2) is 8.34. The molecule has 1 amide bonds. The summed E-state index contributed by atoms with van der Waals surface area (Å²) in [5.74, 6) is -1.54. The Balaban J connectivity index is 1.84. The number of sulfonamides is 1. The fourth-order valence-electron chi connectivity index (χ4n) is 2.61. The van der Waals surface area contributed by atoms with Gasteiger partial charge in [-0.2, -0.15) is 13.2 Å². The zero-order chi connectivity index (χ0) is 22.8. The Bertz CT molecular complexity index is 1230. The number of aryl methyl sites for hydroxylation is 1. The smallest absolute Gasteiger partial charge is 0.322 e. The first kappa shape index (κ1) is 22.2. The van der Waals surface area contributed by atoms with E-state index in [9.17, 15) is 30.8 Å². The lowest BCUT2D eigenvalue weighted by Crippen LogP contribution is -2.17. The first-order chi connectivity index (χ1) is 14.5.